The number of methoxy groups -OCH3 is 1. The molecular weight excluding hydrogens is 409 g/mol. The molecule has 0 saturated carbocycles. The van der Waals surface area contributed by atoms with Gasteiger partial charge in [-0.3, -0.25) is 9.88 Å². The molecule has 2 heterocycles. The molecule has 5 nitrogen and oxygen atoms in total. The Labute approximate surface area is 177 Å². The first-order valence-electron chi connectivity index (χ1n) is 9.52. The standard InChI is InChI=1S/C23H19F3N2O3/c1-14-4-3-5-18(27-14)13-28-12-16-10-15(6-9-20(16)31-22(28)29)19-8-7-17(23(24,25)26)11-21(19)30-2/h3-11H,12-13H2,1-2H3. The zero-order valence-corrected chi connectivity index (χ0v) is 16.9. The number of ether oxygens (including phenoxy) is 2. The maximum atomic E-state index is 13.0. The van der Waals surface area contributed by atoms with Gasteiger partial charge in [0.05, 0.1) is 31.5 Å². The number of benzene rings is 2. The van der Waals surface area contributed by atoms with Crippen molar-refractivity contribution < 1.29 is 27.4 Å². The first-order valence-corrected chi connectivity index (χ1v) is 9.52. The SMILES string of the molecule is COc1cc(C(F)(F)F)ccc1-c1ccc2c(c1)CN(Cc1cccc(C)n1)C(=O)O2. The minimum atomic E-state index is -4.46. The quantitative estimate of drug-likeness (QED) is 0.543. The largest absolute Gasteiger partial charge is 0.496 e. The fraction of sp³-hybridized carbons (Fsp3) is 0.217. The van der Waals surface area contributed by atoms with Crippen LogP contribution in [0.5, 0.6) is 11.5 Å². The molecule has 0 aliphatic carbocycles. The Hall–Kier alpha value is -3.55. The molecule has 2 aromatic carbocycles. The lowest BCUT2D eigenvalue weighted by Crippen LogP contribution is -2.36. The molecule has 4 rings (SSSR count). The molecule has 1 amide bonds. The Morgan fingerprint density at radius 2 is 1.94 bits per heavy atom. The predicted octanol–water partition coefficient (Wildman–Crippen LogP) is 5.60. The summed E-state index contributed by atoms with van der Waals surface area (Å²) in [5.74, 6) is 0.538. The molecular formula is C23H19F3N2O3. The summed E-state index contributed by atoms with van der Waals surface area (Å²) in [6, 6.07) is 14.1. The summed E-state index contributed by atoms with van der Waals surface area (Å²) in [7, 11) is 1.33. The van der Waals surface area contributed by atoms with E-state index < -0.39 is 17.8 Å². The highest BCUT2D eigenvalue weighted by atomic mass is 19.4. The number of aryl methyl sites for hydroxylation is 1. The summed E-state index contributed by atoms with van der Waals surface area (Å²) < 4.78 is 49.7. The first-order chi connectivity index (χ1) is 14.7. The highest BCUT2D eigenvalue weighted by molar-refractivity contribution is 5.77. The molecule has 0 fully saturated rings. The lowest BCUT2D eigenvalue weighted by Gasteiger charge is -2.28. The van der Waals surface area contributed by atoms with Gasteiger partial charge in [-0.05, 0) is 48.9 Å². The molecule has 0 atom stereocenters. The Morgan fingerprint density at radius 1 is 1.13 bits per heavy atom. The summed E-state index contributed by atoms with van der Waals surface area (Å²) >= 11 is 0. The summed E-state index contributed by atoms with van der Waals surface area (Å²) in [5, 5.41) is 0. The van der Waals surface area contributed by atoms with Crippen molar-refractivity contribution in [2.45, 2.75) is 26.2 Å². The zero-order chi connectivity index (χ0) is 22.2. The maximum Gasteiger partial charge on any atom is 0.416 e. The molecule has 0 spiro atoms. The fourth-order valence-corrected chi connectivity index (χ4v) is 3.51. The average molecular weight is 428 g/mol. The third kappa shape index (κ3) is 4.33. The van der Waals surface area contributed by atoms with Crippen LogP contribution in [-0.4, -0.2) is 23.1 Å². The van der Waals surface area contributed by atoms with Crippen molar-refractivity contribution in [3.8, 4) is 22.6 Å². The highest BCUT2D eigenvalue weighted by Gasteiger charge is 2.31. The van der Waals surface area contributed by atoms with Gasteiger partial charge in [-0.2, -0.15) is 13.2 Å². The van der Waals surface area contributed by atoms with E-state index >= 15 is 0 Å². The number of carbonyl (C=O) groups is 1. The van der Waals surface area contributed by atoms with Crippen LogP contribution in [-0.2, 0) is 19.3 Å². The molecule has 0 saturated heterocycles. The Morgan fingerprint density at radius 3 is 2.65 bits per heavy atom. The molecule has 0 bridgehead atoms. The van der Waals surface area contributed by atoms with Crippen LogP contribution < -0.4 is 9.47 Å². The van der Waals surface area contributed by atoms with Crippen LogP contribution in [0.3, 0.4) is 0 Å². The van der Waals surface area contributed by atoms with Gasteiger partial charge in [0.2, 0.25) is 0 Å². The van der Waals surface area contributed by atoms with Crippen LogP contribution in [0.1, 0.15) is 22.5 Å². The van der Waals surface area contributed by atoms with Gasteiger partial charge in [-0.25, -0.2) is 4.79 Å². The van der Waals surface area contributed by atoms with Crippen LogP contribution in [0.25, 0.3) is 11.1 Å². The van der Waals surface area contributed by atoms with E-state index in [1.54, 1.807) is 18.2 Å². The van der Waals surface area contributed by atoms with Crippen LogP contribution in [0.4, 0.5) is 18.0 Å². The zero-order valence-electron chi connectivity index (χ0n) is 16.9. The molecule has 1 aliphatic heterocycles. The Kier molecular flexibility index (Phi) is 5.31. The smallest absolute Gasteiger partial charge is 0.416 e. The number of hydrogen-bond donors (Lipinski definition) is 0. The minimum Gasteiger partial charge on any atom is -0.496 e. The molecule has 0 radical (unpaired) electrons. The van der Waals surface area contributed by atoms with Gasteiger partial charge >= 0.3 is 12.3 Å². The van der Waals surface area contributed by atoms with E-state index in [2.05, 4.69) is 4.98 Å². The summed E-state index contributed by atoms with van der Waals surface area (Å²) in [5.41, 5.74) is 2.72. The van der Waals surface area contributed by atoms with E-state index in [1.807, 2.05) is 25.1 Å². The van der Waals surface area contributed by atoms with Crippen LogP contribution >= 0.6 is 0 Å². The van der Waals surface area contributed by atoms with Crippen LogP contribution in [0, 0.1) is 6.92 Å². The van der Waals surface area contributed by atoms with Crippen molar-refractivity contribution >= 4 is 6.09 Å². The Bertz CT molecular complexity index is 1150. The second-order valence-electron chi connectivity index (χ2n) is 7.23. The number of fused-ring (bicyclic) bond motifs is 1. The van der Waals surface area contributed by atoms with E-state index in [0.29, 0.717) is 23.4 Å². The van der Waals surface area contributed by atoms with Crippen LogP contribution in [0.15, 0.2) is 54.6 Å². The van der Waals surface area contributed by atoms with Crippen molar-refractivity contribution in [2.75, 3.05) is 7.11 Å². The maximum absolute atomic E-state index is 13.0. The van der Waals surface area contributed by atoms with Crippen molar-refractivity contribution in [2.24, 2.45) is 0 Å². The van der Waals surface area contributed by atoms with E-state index in [0.717, 1.165) is 29.1 Å². The Balaban J connectivity index is 1.64. The number of alkyl halides is 3. The summed E-state index contributed by atoms with van der Waals surface area (Å²) in [6.45, 7) is 2.45. The number of aromatic nitrogens is 1. The van der Waals surface area contributed by atoms with Gasteiger partial charge in [0, 0.05) is 16.8 Å². The summed E-state index contributed by atoms with van der Waals surface area (Å²) in [6.07, 6.45) is -4.93. The van der Waals surface area contributed by atoms with E-state index in [1.165, 1.54) is 18.1 Å². The second-order valence-corrected chi connectivity index (χ2v) is 7.23. The molecule has 31 heavy (non-hydrogen) atoms. The molecule has 1 aliphatic rings. The fourth-order valence-electron chi connectivity index (χ4n) is 3.51. The molecule has 1 aromatic heterocycles. The number of pyridine rings is 1. The lowest BCUT2D eigenvalue weighted by atomic mass is 9.99. The minimum absolute atomic E-state index is 0.114. The number of hydrogen-bond acceptors (Lipinski definition) is 4. The number of rotatable bonds is 4. The second kappa shape index (κ2) is 7.94. The predicted molar refractivity (Wildman–Crippen MR) is 108 cm³/mol. The molecule has 3 aromatic rings. The molecule has 160 valence electrons. The van der Waals surface area contributed by atoms with Gasteiger partial charge < -0.3 is 9.47 Å². The van der Waals surface area contributed by atoms with Gasteiger partial charge in [0.15, 0.2) is 0 Å². The van der Waals surface area contributed by atoms with Gasteiger partial charge in [-0.1, -0.05) is 18.2 Å². The lowest BCUT2D eigenvalue weighted by molar-refractivity contribution is -0.137. The van der Waals surface area contributed by atoms with Gasteiger partial charge in [0.1, 0.15) is 11.5 Å². The average Bonchev–Trinajstić information content (AvgIpc) is 2.73. The third-order valence-electron chi connectivity index (χ3n) is 5.02. The van der Waals surface area contributed by atoms with Gasteiger partial charge in [0.25, 0.3) is 0 Å². The van der Waals surface area contributed by atoms with Crippen LogP contribution in [0.2, 0.25) is 0 Å². The normalized spacial score (nSPS) is 13.6. The van der Waals surface area contributed by atoms with Gasteiger partial charge in [-0.15, -0.1) is 0 Å². The van der Waals surface area contributed by atoms with E-state index in [-0.39, 0.29) is 12.3 Å². The summed E-state index contributed by atoms with van der Waals surface area (Å²) in [4.78, 5) is 18.3. The molecule has 0 N–H and O–H groups in total. The number of amides is 1. The number of halogens is 3. The number of carbonyl (C=O) groups excluding carboxylic acids is 1. The molecule has 0 unspecified atom stereocenters. The van der Waals surface area contributed by atoms with E-state index in [4.69, 9.17) is 9.47 Å². The highest BCUT2D eigenvalue weighted by Crippen LogP contribution is 2.39. The van der Waals surface area contributed by atoms with Crippen molar-refractivity contribution in [3.63, 3.8) is 0 Å². The third-order valence-corrected chi connectivity index (χ3v) is 5.02. The topological polar surface area (TPSA) is 51.7 Å². The number of nitrogens with zero attached hydrogens (tertiary/aromatic N) is 2. The first kappa shape index (κ1) is 20.7. The van der Waals surface area contributed by atoms with E-state index in [9.17, 15) is 18.0 Å². The van der Waals surface area contributed by atoms with Crippen molar-refractivity contribution in [1.29, 1.82) is 0 Å². The van der Waals surface area contributed by atoms with Crippen molar-refractivity contribution in [3.05, 3.63) is 77.1 Å². The monoisotopic (exact) mass is 428 g/mol. The molecule has 8 heteroatoms. The van der Waals surface area contributed by atoms with Crippen molar-refractivity contribution in [1.82, 2.24) is 9.88 Å².